The van der Waals surface area contributed by atoms with Crippen molar-refractivity contribution in [3.8, 4) is 22.9 Å². The first-order valence-electron chi connectivity index (χ1n) is 16.6. The Kier molecular flexibility index (Phi) is 6.88. The second-order valence-corrected chi connectivity index (χ2v) is 17.2. The molecule has 0 radical (unpaired) electrons. The van der Waals surface area contributed by atoms with Gasteiger partial charge in [-0.05, 0) is 92.3 Å². The zero-order chi connectivity index (χ0) is 33.0. The lowest BCUT2D eigenvalue weighted by Crippen LogP contribution is -2.28. The summed E-state index contributed by atoms with van der Waals surface area (Å²) in [5.74, 6) is 1.27. The number of oxazole rings is 2. The highest BCUT2D eigenvalue weighted by Crippen LogP contribution is 2.55. The zero-order valence-electron chi connectivity index (χ0n) is 27.2. The number of hydrogen-bond acceptors (Lipinski definition) is 4. The normalized spacial score (nSPS) is 14.3. The first-order chi connectivity index (χ1) is 24.0. The third-order valence-corrected chi connectivity index (χ3v) is 13.1. The fourth-order valence-corrected chi connectivity index (χ4v) is 11.2. The van der Waals surface area contributed by atoms with Gasteiger partial charge in [0.1, 0.15) is 19.1 Å². The van der Waals surface area contributed by atoms with Gasteiger partial charge in [0.2, 0.25) is 11.8 Å². The summed E-state index contributed by atoms with van der Waals surface area (Å²) < 4.78 is 12.3. The molecule has 0 bridgehead atoms. The van der Waals surface area contributed by atoms with Crippen molar-refractivity contribution < 1.29 is 8.83 Å². The standard InChI is InChI=1S/C44H32N2O2Si/c1-49(2)41(31-21-25-33(26-22-31)43-45-35-17-9-11-19-37(35)47-43)39(29-13-5-3-6-14-29)40(30-15-7-4-8-16-30)42(49)32-23-27-34(28-24-32)44-46-36-18-10-12-20-38(36)48-44/h3-28H,1-2H3. The number of para-hydroxylation sites is 4. The summed E-state index contributed by atoms with van der Waals surface area (Å²) in [5.41, 5.74) is 12.7. The minimum absolute atomic E-state index is 0.635. The van der Waals surface area contributed by atoms with Crippen LogP contribution < -0.4 is 0 Å². The molecule has 8 aromatic rings. The van der Waals surface area contributed by atoms with E-state index in [9.17, 15) is 0 Å². The van der Waals surface area contributed by atoms with E-state index in [4.69, 9.17) is 18.8 Å². The Labute approximate surface area is 285 Å². The third-order valence-electron chi connectivity index (χ3n) is 9.55. The largest absolute Gasteiger partial charge is 0.436 e. The summed E-state index contributed by atoms with van der Waals surface area (Å²) in [6, 6.07) is 55.1. The van der Waals surface area contributed by atoms with Gasteiger partial charge in [-0.15, -0.1) is 0 Å². The molecular weight excluding hydrogens is 617 g/mol. The Morgan fingerprint density at radius 2 is 0.714 bits per heavy atom. The van der Waals surface area contributed by atoms with Crippen LogP contribution in [0.1, 0.15) is 22.3 Å². The summed E-state index contributed by atoms with van der Waals surface area (Å²) in [5, 5.41) is 2.83. The minimum atomic E-state index is -2.34. The van der Waals surface area contributed by atoms with Gasteiger partial charge in [-0.2, -0.15) is 0 Å². The highest BCUT2D eigenvalue weighted by atomic mass is 28.3. The van der Waals surface area contributed by atoms with Gasteiger partial charge in [0.25, 0.3) is 0 Å². The van der Waals surface area contributed by atoms with Crippen molar-refractivity contribution >= 4 is 51.8 Å². The van der Waals surface area contributed by atoms with E-state index in [2.05, 4.69) is 122 Å². The average molecular weight is 649 g/mol. The topological polar surface area (TPSA) is 52.1 Å². The number of benzene rings is 6. The monoisotopic (exact) mass is 648 g/mol. The van der Waals surface area contributed by atoms with Gasteiger partial charge in [0.05, 0.1) is 0 Å². The summed E-state index contributed by atoms with van der Waals surface area (Å²) in [6.45, 7) is 4.97. The molecule has 49 heavy (non-hydrogen) atoms. The molecule has 0 saturated carbocycles. The van der Waals surface area contributed by atoms with Gasteiger partial charge < -0.3 is 8.83 Å². The van der Waals surface area contributed by atoms with E-state index in [1.807, 2.05) is 48.5 Å². The van der Waals surface area contributed by atoms with Crippen molar-refractivity contribution in [1.82, 2.24) is 9.97 Å². The second-order valence-electron chi connectivity index (χ2n) is 13.0. The molecule has 5 heteroatoms. The van der Waals surface area contributed by atoms with E-state index >= 15 is 0 Å². The van der Waals surface area contributed by atoms with Crippen molar-refractivity contribution in [2.24, 2.45) is 0 Å². The SMILES string of the molecule is C[Si]1(C)C(c2ccc(-c3nc4ccccc4o3)cc2)=C(c2ccccc2)C(c2ccccc2)=C1c1ccc(-c2nc3ccccc3o2)cc1. The molecule has 6 aromatic carbocycles. The van der Waals surface area contributed by atoms with Crippen LogP contribution in [-0.2, 0) is 0 Å². The zero-order valence-corrected chi connectivity index (χ0v) is 28.2. The maximum absolute atomic E-state index is 6.13. The first kappa shape index (κ1) is 29.1. The van der Waals surface area contributed by atoms with Crippen molar-refractivity contribution in [2.75, 3.05) is 0 Å². The van der Waals surface area contributed by atoms with Crippen molar-refractivity contribution in [2.45, 2.75) is 13.1 Å². The summed E-state index contributed by atoms with van der Waals surface area (Å²) in [6.07, 6.45) is 0. The quantitative estimate of drug-likeness (QED) is 0.168. The highest BCUT2D eigenvalue weighted by molar-refractivity contribution is 7.13. The van der Waals surface area contributed by atoms with Crippen LogP contribution in [0, 0.1) is 0 Å². The smallest absolute Gasteiger partial charge is 0.227 e. The van der Waals surface area contributed by atoms with Gasteiger partial charge in [0.15, 0.2) is 11.2 Å². The molecule has 1 aliphatic rings. The molecule has 0 spiro atoms. The maximum atomic E-state index is 6.13. The number of fused-ring (bicyclic) bond motifs is 2. The lowest BCUT2D eigenvalue weighted by molar-refractivity contribution is 0.619. The van der Waals surface area contributed by atoms with E-state index in [0.717, 1.165) is 33.3 Å². The van der Waals surface area contributed by atoms with Crippen LogP contribution in [0.25, 0.3) is 66.6 Å². The average Bonchev–Trinajstić information content (AvgIpc) is 3.85. The van der Waals surface area contributed by atoms with Gasteiger partial charge in [-0.1, -0.05) is 122 Å². The molecular formula is C44H32N2O2Si. The van der Waals surface area contributed by atoms with Crippen molar-refractivity contribution in [1.29, 1.82) is 0 Å². The number of nitrogens with zero attached hydrogens (tertiary/aromatic N) is 2. The number of rotatable bonds is 6. The van der Waals surface area contributed by atoms with Crippen LogP contribution in [0.3, 0.4) is 0 Å². The van der Waals surface area contributed by atoms with Crippen molar-refractivity contribution in [3.05, 3.63) is 180 Å². The van der Waals surface area contributed by atoms with Crippen LogP contribution >= 0.6 is 0 Å². The van der Waals surface area contributed by atoms with Crippen molar-refractivity contribution in [3.63, 3.8) is 0 Å². The van der Waals surface area contributed by atoms with E-state index < -0.39 is 8.07 Å². The molecule has 0 unspecified atom stereocenters. The fourth-order valence-electron chi connectivity index (χ4n) is 7.35. The van der Waals surface area contributed by atoms with Crippen LogP contribution in [0.2, 0.25) is 13.1 Å². The summed E-state index contributed by atoms with van der Waals surface area (Å²) >= 11 is 0. The molecule has 234 valence electrons. The molecule has 9 rings (SSSR count). The molecule has 0 fully saturated rings. The molecule has 0 aliphatic carbocycles. The van der Waals surface area contributed by atoms with E-state index in [1.165, 1.54) is 43.8 Å². The van der Waals surface area contributed by atoms with Gasteiger partial charge >= 0.3 is 0 Å². The van der Waals surface area contributed by atoms with Crippen LogP contribution in [0.4, 0.5) is 0 Å². The molecule has 0 amide bonds. The Morgan fingerprint density at radius 3 is 1.10 bits per heavy atom. The van der Waals surface area contributed by atoms with Gasteiger partial charge in [-0.25, -0.2) is 9.97 Å². The lowest BCUT2D eigenvalue weighted by Gasteiger charge is -2.26. The van der Waals surface area contributed by atoms with E-state index in [-0.39, 0.29) is 0 Å². The second kappa shape index (κ2) is 11.6. The third kappa shape index (κ3) is 4.98. The molecule has 1 aliphatic heterocycles. The molecule has 0 atom stereocenters. The van der Waals surface area contributed by atoms with E-state index in [1.54, 1.807) is 0 Å². The van der Waals surface area contributed by atoms with Gasteiger partial charge in [0, 0.05) is 11.1 Å². The number of hydrogen-bond donors (Lipinski definition) is 0. The molecule has 2 aromatic heterocycles. The highest BCUT2D eigenvalue weighted by Gasteiger charge is 2.43. The van der Waals surface area contributed by atoms with Crippen LogP contribution in [0.15, 0.2) is 167 Å². The van der Waals surface area contributed by atoms with E-state index in [0.29, 0.717) is 11.8 Å². The molecule has 4 nitrogen and oxygen atoms in total. The Balaban J connectivity index is 1.21. The van der Waals surface area contributed by atoms with Crippen LogP contribution in [0.5, 0.6) is 0 Å². The predicted octanol–water partition coefficient (Wildman–Crippen LogP) is 11.6. The predicted molar refractivity (Wildman–Crippen MR) is 203 cm³/mol. The Morgan fingerprint density at radius 1 is 0.367 bits per heavy atom. The van der Waals surface area contributed by atoms with Crippen LogP contribution in [-0.4, -0.2) is 18.0 Å². The molecule has 0 saturated heterocycles. The molecule has 0 N–H and O–H groups in total. The summed E-state index contributed by atoms with van der Waals surface area (Å²) in [4.78, 5) is 9.51. The lowest BCUT2D eigenvalue weighted by atomic mass is 9.89. The number of allylic oxidation sites excluding steroid dienone is 2. The Hall–Kier alpha value is -6.04. The summed E-state index contributed by atoms with van der Waals surface area (Å²) in [7, 11) is -2.34. The maximum Gasteiger partial charge on any atom is 0.227 e. The number of aromatic nitrogens is 2. The fraction of sp³-hybridized carbons (Fsp3) is 0.0455. The molecule has 3 heterocycles. The Bertz CT molecular complexity index is 2300. The minimum Gasteiger partial charge on any atom is -0.436 e. The van der Waals surface area contributed by atoms with Gasteiger partial charge in [-0.3, -0.25) is 0 Å². The first-order valence-corrected chi connectivity index (χ1v) is 19.6.